The molecule has 1 heterocycles. The number of aryl methyl sites for hydroxylation is 2. The second kappa shape index (κ2) is 7.84. The topological polar surface area (TPSA) is 56.1 Å². The largest absolute Gasteiger partial charge is 0.495 e. The van der Waals surface area contributed by atoms with Crippen molar-refractivity contribution in [1.29, 1.82) is 0 Å². The van der Waals surface area contributed by atoms with Gasteiger partial charge in [-0.1, -0.05) is 17.7 Å². The van der Waals surface area contributed by atoms with E-state index in [1.54, 1.807) is 7.11 Å². The molecule has 0 aliphatic heterocycles. The highest BCUT2D eigenvalue weighted by Gasteiger charge is 2.17. The molecular weight excluding hydrogens is 362 g/mol. The number of halogens is 1. The number of nitrogens with zero attached hydrogens (tertiary/aromatic N) is 2. The average molecular weight is 384 g/mol. The van der Waals surface area contributed by atoms with Crippen LogP contribution in [0.1, 0.15) is 22.5 Å². The molecule has 0 saturated carbocycles. The van der Waals surface area contributed by atoms with Crippen molar-refractivity contribution in [2.75, 3.05) is 12.4 Å². The second-order valence-electron chi connectivity index (χ2n) is 6.47. The van der Waals surface area contributed by atoms with Gasteiger partial charge in [-0.3, -0.25) is 4.79 Å². The molecule has 6 heteroatoms. The van der Waals surface area contributed by atoms with Crippen LogP contribution < -0.4 is 10.1 Å². The third kappa shape index (κ3) is 4.14. The Bertz CT molecular complexity index is 978. The number of ether oxygens (including phenoxy) is 1. The fraction of sp³-hybridized carbons (Fsp3) is 0.238. The molecule has 3 rings (SSSR count). The van der Waals surface area contributed by atoms with Gasteiger partial charge in [0.15, 0.2) is 0 Å². The molecule has 5 nitrogen and oxygen atoms in total. The summed E-state index contributed by atoms with van der Waals surface area (Å²) in [5, 5.41) is 8.20. The summed E-state index contributed by atoms with van der Waals surface area (Å²) in [5.74, 6) is 0.528. The molecule has 0 radical (unpaired) electrons. The summed E-state index contributed by atoms with van der Waals surface area (Å²) in [4.78, 5) is 12.6. The minimum absolute atomic E-state index is 0.110. The molecule has 0 unspecified atom stereocenters. The lowest BCUT2D eigenvalue weighted by Crippen LogP contribution is -2.16. The van der Waals surface area contributed by atoms with Gasteiger partial charge in [0, 0.05) is 16.3 Å². The smallest absolute Gasteiger partial charge is 0.229 e. The number of amides is 1. The number of methoxy groups -OCH3 is 1. The van der Waals surface area contributed by atoms with Gasteiger partial charge in [0.2, 0.25) is 5.91 Å². The summed E-state index contributed by atoms with van der Waals surface area (Å²) in [6.07, 6.45) is 0.238. The number of hydrogen-bond acceptors (Lipinski definition) is 3. The number of nitrogens with one attached hydrogen (secondary N) is 1. The molecule has 0 aliphatic carbocycles. The van der Waals surface area contributed by atoms with Gasteiger partial charge in [0.25, 0.3) is 0 Å². The summed E-state index contributed by atoms with van der Waals surface area (Å²) in [5.41, 5.74) is 5.30. The number of hydrogen-bond donors (Lipinski definition) is 1. The number of aromatic nitrogens is 2. The second-order valence-corrected chi connectivity index (χ2v) is 6.90. The zero-order valence-corrected chi connectivity index (χ0v) is 16.6. The Morgan fingerprint density at radius 3 is 2.52 bits per heavy atom. The van der Waals surface area contributed by atoms with E-state index in [-0.39, 0.29) is 12.3 Å². The van der Waals surface area contributed by atoms with Gasteiger partial charge in [0.1, 0.15) is 5.75 Å². The Morgan fingerprint density at radius 1 is 1.15 bits per heavy atom. The Kier molecular flexibility index (Phi) is 5.51. The maximum absolute atomic E-state index is 12.6. The van der Waals surface area contributed by atoms with Crippen LogP contribution in [0.3, 0.4) is 0 Å². The molecule has 0 bridgehead atoms. The van der Waals surface area contributed by atoms with Crippen LogP contribution in [0.25, 0.3) is 5.69 Å². The zero-order chi connectivity index (χ0) is 19.6. The van der Waals surface area contributed by atoms with Crippen LogP contribution >= 0.6 is 11.6 Å². The number of rotatable bonds is 5. The van der Waals surface area contributed by atoms with Crippen LogP contribution in [0.2, 0.25) is 5.02 Å². The lowest BCUT2D eigenvalue weighted by molar-refractivity contribution is -0.115. The number of benzene rings is 2. The third-order valence-electron chi connectivity index (χ3n) is 4.48. The minimum atomic E-state index is -0.110. The molecule has 1 amide bonds. The Hall–Kier alpha value is -2.79. The maximum atomic E-state index is 12.6. The molecule has 140 valence electrons. The summed E-state index contributed by atoms with van der Waals surface area (Å²) in [7, 11) is 1.59. The van der Waals surface area contributed by atoms with Crippen molar-refractivity contribution in [2.45, 2.75) is 27.2 Å². The third-order valence-corrected chi connectivity index (χ3v) is 4.73. The van der Waals surface area contributed by atoms with Crippen molar-refractivity contribution < 1.29 is 9.53 Å². The van der Waals surface area contributed by atoms with Gasteiger partial charge in [-0.05, 0) is 62.7 Å². The van der Waals surface area contributed by atoms with Crippen molar-refractivity contribution in [3.05, 3.63) is 70.0 Å². The van der Waals surface area contributed by atoms with Gasteiger partial charge in [-0.2, -0.15) is 5.10 Å². The molecule has 0 spiro atoms. The Labute approximate surface area is 163 Å². The summed E-state index contributed by atoms with van der Waals surface area (Å²) >= 11 is 5.96. The standard InChI is InChI=1S/C21H22ClN3O2/c1-13-5-10-20(27-4)19(11-13)23-21(26)12-18-14(2)24-25(15(18)3)17-8-6-16(22)7-9-17/h5-11H,12H2,1-4H3,(H,23,26). The van der Waals surface area contributed by atoms with Crippen LogP contribution in [-0.4, -0.2) is 22.8 Å². The zero-order valence-electron chi connectivity index (χ0n) is 15.8. The average Bonchev–Trinajstić information content (AvgIpc) is 2.91. The molecule has 0 saturated heterocycles. The summed E-state index contributed by atoms with van der Waals surface area (Å²) in [6, 6.07) is 13.1. The van der Waals surface area contributed by atoms with Crippen molar-refractivity contribution in [2.24, 2.45) is 0 Å². The number of anilines is 1. The van der Waals surface area contributed by atoms with Crippen LogP contribution in [0.15, 0.2) is 42.5 Å². The van der Waals surface area contributed by atoms with E-state index in [0.29, 0.717) is 16.5 Å². The highest BCUT2D eigenvalue weighted by Crippen LogP contribution is 2.26. The lowest BCUT2D eigenvalue weighted by atomic mass is 10.1. The molecule has 2 aromatic carbocycles. The van der Waals surface area contributed by atoms with Crippen molar-refractivity contribution in [3.8, 4) is 11.4 Å². The van der Waals surface area contributed by atoms with Crippen molar-refractivity contribution in [3.63, 3.8) is 0 Å². The highest BCUT2D eigenvalue weighted by molar-refractivity contribution is 6.30. The molecule has 3 aromatic rings. The molecule has 27 heavy (non-hydrogen) atoms. The molecule has 0 atom stereocenters. The number of carbonyl (C=O) groups is 1. The van der Waals surface area contributed by atoms with Gasteiger partial charge >= 0.3 is 0 Å². The van der Waals surface area contributed by atoms with E-state index in [4.69, 9.17) is 16.3 Å². The predicted molar refractivity (Wildman–Crippen MR) is 108 cm³/mol. The minimum Gasteiger partial charge on any atom is -0.495 e. The van der Waals surface area contributed by atoms with Crippen LogP contribution in [0.5, 0.6) is 5.75 Å². The molecule has 1 N–H and O–H groups in total. The van der Waals surface area contributed by atoms with Crippen molar-refractivity contribution >= 4 is 23.2 Å². The van der Waals surface area contributed by atoms with Crippen LogP contribution in [0.4, 0.5) is 5.69 Å². The fourth-order valence-electron chi connectivity index (χ4n) is 3.04. The molecular formula is C21H22ClN3O2. The summed E-state index contributed by atoms with van der Waals surface area (Å²) < 4.78 is 7.16. The Balaban J connectivity index is 1.83. The van der Waals surface area contributed by atoms with Crippen LogP contribution in [-0.2, 0) is 11.2 Å². The van der Waals surface area contributed by atoms with Gasteiger partial charge in [0.05, 0.1) is 30.6 Å². The first-order valence-corrected chi connectivity index (χ1v) is 9.02. The Morgan fingerprint density at radius 2 is 1.85 bits per heavy atom. The van der Waals surface area contributed by atoms with E-state index in [1.807, 2.05) is 67.9 Å². The van der Waals surface area contributed by atoms with E-state index in [1.165, 1.54) is 0 Å². The maximum Gasteiger partial charge on any atom is 0.229 e. The van der Waals surface area contributed by atoms with E-state index in [9.17, 15) is 4.79 Å². The quantitative estimate of drug-likeness (QED) is 0.698. The van der Waals surface area contributed by atoms with Crippen LogP contribution in [0, 0.1) is 20.8 Å². The fourth-order valence-corrected chi connectivity index (χ4v) is 3.16. The monoisotopic (exact) mass is 383 g/mol. The molecule has 0 aliphatic rings. The van der Waals surface area contributed by atoms with Gasteiger partial charge < -0.3 is 10.1 Å². The predicted octanol–water partition coefficient (Wildman–Crippen LogP) is 4.64. The van der Waals surface area contributed by atoms with Crippen molar-refractivity contribution in [1.82, 2.24) is 9.78 Å². The summed E-state index contributed by atoms with van der Waals surface area (Å²) in [6.45, 7) is 5.85. The van der Waals surface area contributed by atoms with E-state index >= 15 is 0 Å². The molecule has 1 aromatic heterocycles. The first-order valence-electron chi connectivity index (χ1n) is 8.64. The first-order chi connectivity index (χ1) is 12.9. The van der Waals surface area contributed by atoms with E-state index < -0.39 is 0 Å². The number of carbonyl (C=O) groups excluding carboxylic acids is 1. The van der Waals surface area contributed by atoms with Gasteiger partial charge in [-0.15, -0.1) is 0 Å². The van der Waals surface area contributed by atoms with Gasteiger partial charge in [-0.25, -0.2) is 4.68 Å². The normalized spacial score (nSPS) is 10.7. The van der Waals surface area contributed by atoms with E-state index in [0.717, 1.165) is 28.2 Å². The first kappa shape index (κ1) is 19.0. The lowest BCUT2D eigenvalue weighted by Gasteiger charge is -2.11. The SMILES string of the molecule is COc1ccc(C)cc1NC(=O)Cc1c(C)nn(-c2ccc(Cl)cc2)c1C. The molecule has 0 fully saturated rings. The highest BCUT2D eigenvalue weighted by atomic mass is 35.5. The van der Waals surface area contributed by atoms with E-state index in [2.05, 4.69) is 10.4 Å².